The van der Waals surface area contributed by atoms with Crippen molar-refractivity contribution >= 4 is 80.7 Å². The van der Waals surface area contributed by atoms with Crippen LogP contribution in [0.25, 0.3) is 21.9 Å². The van der Waals surface area contributed by atoms with Gasteiger partial charge in [-0.2, -0.15) is 0 Å². The maximum Gasteiger partial charge on any atom is 0.417 e. The molecular formula is C56H66N2O26. The Morgan fingerprint density at radius 2 is 0.726 bits per heavy atom. The van der Waals surface area contributed by atoms with E-state index < -0.39 is 75.5 Å². The second kappa shape index (κ2) is 34.6. The Bertz CT molecular complexity index is 3350. The van der Waals surface area contributed by atoms with Crippen LogP contribution in [0.4, 0.5) is 11.4 Å². The van der Waals surface area contributed by atoms with Gasteiger partial charge in [0.15, 0.2) is 45.4 Å². The molecule has 2 heterocycles. The number of carbonyl (C=O) groups is 8. The van der Waals surface area contributed by atoms with Crippen LogP contribution in [0.2, 0.25) is 0 Å². The Labute approximate surface area is 478 Å². The second-order valence-electron chi connectivity index (χ2n) is 16.5. The van der Waals surface area contributed by atoms with Crippen molar-refractivity contribution in [2.24, 2.45) is 0 Å². The lowest BCUT2D eigenvalue weighted by molar-refractivity contribution is -0.167. The third kappa shape index (κ3) is 21.2. The molecule has 0 unspecified atom stereocenters. The molecular weight excluding hydrogens is 1120 g/mol. The van der Waals surface area contributed by atoms with Gasteiger partial charge >= 0.3 is 35.8 Å². The molecule has 0 fully saturated rings. The summed E-state index contributed by atoms with van der Waals surface area (Å²) in [7, 11) is 7.13. The molecule has 28 heteroatoms. The van der Waals surface area contributed by atoms with E-state index in [-0.39, 0.29) is 113 Å². The fourth-order valence-electron chi connectivity index (χ4n) is 6.23. The zero-order valence-corrected chi connectivity index (χ0v) is 47.8. The van der Waals surface area contributed by atoms with E-state index in [4.69, 9.17) is 33.6 Å². The van der Waals surface area contributed by atoms with Crippen molar-refractivity contribution in [1.29, 1.82) is 0 Å². The Morgan fingerprint density at radius 1 is 0.393 bits per heavy atom. The Hall–Kier alpha value is -10.5. The van der Waals surface area contributed by atoms with Gasteiger partial charge in [0.2, 0.25) is 11.5 Å². The van der Waals surface area contributed by atoms with E-state index in [2.05, 4.69) is 18.9 Å². The molecule has 0 aliphatic heterocycles. The van der Waals surface area contributed by atoms with Gasteiger partial charge in [0.1, 0.15) is 56.1 Å². The first-order valence-corrected chi connectivity index (χ1v) is 24.9. The first kappa shape index (κ1) is 71.5. The number of nitrogens with zero attached hydrogens (tertiary/aromatic N) is 2. The van der Waals surface area contributed by atoms with Gasteiger partial charge in [-0.3, -0.25) is 19.2 Å². The summed E-state index contributed by atoms with van der Waals surface area (Å²) < 4.78 is 37.4. The number of fused-ring (bicyclic) bond motifs is 2. The van der Waals surface area contributed by atoms with E-state index in [0.29, 0.717) is 11.4 Å². The predicted octanol–water partition coefficient (Wildman–Crippen LogP) is 5.72. The zero-order valence-electron chi connectivity index (χ0n) is 47.8. The number of esters is 6. The van der Waals surface area contributed by atoms with Gasteiger partial charge in [-0.05, 0) is 79.7 Å². The average Bonchev–Trinajstić information content (AvgIpc) is 2.26. The molecule has 0 bridgehead atoms. The van der Waals surface area contributed by atoms with Gasteiger partial charge in [-0.25, -0.2) is 28.8 Å². The molecule has 84 heavy (non-hydrogen) atoms. The number of benzene rings is 4. The maximum atomic E-state index is 12.0. The summed E-state index contributed by atoms with van der Waals surface area (Å²) in [4.78, 5) is 114. The average molecular weight is 1180 g/mol. The number of ether oxygens (including phenoxy) is 6. The number of ketones is 2. The normalized spacial score (nSPS) is 9.86. The number of aromatic hydroxyl groups is 8. The van der Waals surface area contributed by atoms with Crippen molar-refractivity contribution in [3.05, 3.63) is 104 Å². The van der Waals surface area contributed by atoms with Crippen molar-refractivity contribution in [3.8, 4) is 46.0 Å². The fourth-order valence-corrected chi connectivity index (χ4v) is 6.23. The van der Waals surface area contributed by atoms with Crippen molar-refractivity contribution in [2.45, 2.75) is 55.4 Å². The largest absolute Gasteiger partial charge is 0.507 e. The number of carbonyl (C=O) groups excluding carboxylic acids is 8. The minimum atomic E-state index is -0.927. The third-order valence-electron chi connectivity index (χ3n) is 9.98. The quantitative estimate of drug-likeness (QED) is 0.0181. The number of hydrogen-bond donors (Lipinski definition) is 8. The summed E-state index contributed by atoms with van der Waals surface area (Å²) in [6.07, 6.45) is 0. The van der Waals surface area contributed by atoms with Gasteiger partial charge in [0.25, 0.3) is 0 Å². The van der Waals surface area contributed by atoms with Crippen molar-refractivity contribution in [2.75, 3.05) is 77.6 Å². The molecule has 28 nitrogen and oxygen atoms in total. The topological polar surface area (TPSA) is 421 Å². The number of anilines is 2. The van der Waals surface area contributed by atoms with Crippen molar-refractivity contribution < 1.29 is 116 Å². The highest BCUT2D eigenvalue weighted by Crippen LogP contribution is 2.36. The lowest BCUT2D eigenvalue weighted by atomic mass is 10.1. The van der Waals surface area contributed by atoms with Crippen molar-refractivity contribution in [1.82, 2.24) is 0 Å². The molecule has 0 radical (unpaired) electrons. The molecule has 0 spiro atoms. The lowest BCUT2D eigenvalue weighted by Crippen LogP contribution is -2.19. The van der Waals surface area contributed by atoms with Gasteiger partial charge in [0.05, 0.1) is 39.6 Å². The molecule has 6 rings (SSSR count). The van der Waals surface area contributed by atoms with Crippen LogP contribution in [0.5, 0.6) is 46.0 Å². The summed E-state index contributed by atoms with van der Waals surface area (Å²) in [6.45, 7) is 13.4. The Balaban J connectivity index is 0.000000515. The van der Waals surface area contributed by atoms with Crippen LogP contribution in [-0.4, -0.2) is 156 Å². The highest BCUT2D eigenvalue weighted by molar-refractivity contribution is 6.30. The van der Waals surface area contributed by atoms with Crippen molar-refractivity contribution in [3.63, 3.8) is 0 Å². The molecule has 0 aliphatic rings. The smallest absolute Gasteiger partial charge is 0.417 e. The molecule has 0 saturated heterocycles. The van der Waals surface area contributed by atoms with Crippen LogP contribution in [0.3, 0.4) is 0 Å². The molecule has 0 amide bonds. The summed E-state index contributed by atoms with van der Waals surface area (Å²) in [6, 6.07) is 12.6. The predicted molar refractivity (Wildman–Crippen MR) is 298 cm³/mol. The van der Waals surface area contributed by atoms with Gasteiger partial charge in [-0.1, -0.05) is 0 Å². The van der Waals surface area contributed by atoms with Crippen LogP contribution >= 0.6 is 0 Å². The number of phenolic OH excluding ortho intramolecular Hbond substituents is 8. The van der Waals surface area contributed by atoms with E-state index in [0.717, 1.165) is 30.3 Å². The number of hydrogen-bond acceptors (Lipinski definition) is 28. The summed E-state index contributed by atoms with van der Waals surface area (Å²) in [5.74, 6) is -9.37. The minimum Gasteiger partial charge on any atom is -0.507 e. The molecule has 456 valence electrons. The molecule has 0 saturated carbocycles. The van der Waals surface area contributed by atoms with Crippen LogP contribution in [0, 0.1) is 0 Å². The van der Waals surface area contributed by atoms with E-state index in [9.17, 15) is 73.5 Å². The number of Topliss-reactive ketones (excluding diaryl/α,β-unsaturated/α-hetero) is 2. The number of phenols is 8. The van der Waals surface area contributed by atoms with Crippen LogP contribution in [-0.2, 0) is 47.6 Å². The van der Waals surface area contributed by atoms with E-state index >= 15 is 0 Å². The first-order valence-electron chi connectivity index (χ1n) is 24.9. The SMILES string of the molecule is CC(=O)c1c(O)cc(N(C)C)cc1O.CC(=O)c1c(O)ccc(O)c1O.CCOC(=O)C(=O)OCC.CCOC(=O)C(=O)OCC.CCOC(=O)c1cc(=O)c2c(O)c(O)ccc2o1.CCOC(=O)c1cc(=O)c2c(O)cc(N(C)C)cc2o1. The summed E-state index contributed by atoms with van der Waals surface area (Å²) in [5, 5.41) is 74.7. The van der Waals surface area contributed by atoms with E-state index in [1.165, 1.54) is 38.1 Å². The monoisotopic (exact) mass is 1180 g/mol. The minimum absolute atomic E-state index is 0.000790. The fraction of sp³-hybridized carbons (Fsp3) is 0.321. The molecule has 4 aromatic carbocycles. The van der Waals surface area contributed by atoms with Gasteiger partial charge < -0.3 is 87.9 Å². The summed E-state index contributed by atoms with van der Waals surface area (Å²) in [5.41, 5.74) is 0.0321. The Morgan fingerprint density at radius 3 is 1.10 bits per heavy atom. The summed E-state index contributed by atoms with van der Waals surface area (Å²) >= 11 is 0. The molecule has 2 aromatic heterocycles. The van der Waals surface area contributed by atoms with Gasteiger partial charge in [-0.15, -0.1) is 0 Å². The Kier molecular flexibility index (Phi) is 29.4. The van der Waals surface area contributed by atoms with Crippen LogP contribution < -0.4 is 20.7 Å². The molecule has 8 N–H and O–H groups in total. The highest BCUT2D eigenvalue weighted by Gasteiger charge is 2.21. The molecule has 6 aromatic rings. The standard InChI is InChI=1S/C14H15NO5.C12H10O6.C10H13NO3.C8H8O4.2C6H10O4/c1-4-19-14(18)12-7-10(17)13-9(16)5-8(15(2)3)6-11(13)20-12;1-2-17-12(16)9-5-7(14)10-8(18-9)4-3-6(13)11(10)15;1-6(12)10-8(13)4-7(11(2)3)5-9(10)14;1-4(9)7-5(10)2-3-6(11)8(7)12;2*1-3-9-5(7)6(8)10-4-2/h5-7,16H,4H2,1-3H3;3-5,13,15H,2H2,1H3;4-5,13-14H,1-3H3;2-3,10-12H,1H3;2*3-4H2,1-2H3. The zero-order chi connectivity index (χ0) is 64.3. The van der Waals surface area contributed by atoms with Gasteiger partial charge in [0, 0.05) is 76.0 Å². The second-order valence-corrected chi connectivity index (χ2v) is 16.5. The number of rotatable bonds is 12. The third-order valence-corrected chi connectivity index (χ3v) is 9.98. The maximum absolute atomic E-state index is 12.0. The van der Waals surface area contributed by atoms with Crippen LogP contribution in [0.15, 0.2) is 79.1 Å². The lowest BCUT2D eigenvalue weighted by Gasteiger charge is -2.14. The van der Waals surface area contributed by atoms with E-state index in [1.54, 1.807) is 85.6 Å². The van der Waals surface area contributed by atoms with E-state index in [1.807, 2.05) is 0 Å². The molecule has 0 aliphatic carbocycles. The molecule has 0 atom stereocenters. The van der Waals surface area contributed by atoms with Crippen LogP contribution in [0.1, 0.15) is 97.2 Å². The first-order chi connectivity index (χ1) is 39.4. The highest BCUT2D eigenvalue weighted by atomic mass is 16.6.